The van der Waals surface area contributed by atoms with Crippen LogP contribution in [-0.2, 0) is 37.5 Å². The summed E-state index contributed by atoms with van der Waals surface area (Å²) < 4.78 is 0. The van der Waals surface area contributed by atoms with Crippen LogP contribution < -0.4 is 175 Å². The summed E-state index contributed by atoms with van der Waals surface area (Å²) in [6.45, 7) is 5.76. The molecule has 0 saturated carbocycles. The van der Waals surface area contributed by atoms with Gasteiger partial charge in [-0.2, -0.15) is 0 Å². The van der Waals surface area contributed by atoms with E-state index in [1.807, 2.05) is 20.8 Å². The van der Waals surface area contributed by atoms with Gasteiger partial charge in [0, 0.05) is 32.7 Å². The number of aryl methyl sites for hydroxylation is 1. The molecule has 0 spiro atoms. The van der Waals surface area contributed by atoms with Crippen molar-refractivity contribution in [2.45, 2.75) is 33.2 Å². The van der Waals surface area contributed by atoms with E-state index in [1.165, 1.54) is 6.29 Å². The van der Waals surface area contributed by atoms with E-state index < -0.39 is 6.04 Å². The zero-order valence-corrected chi connectivity index (χ0v) is 31.8. The van der Waals surface area contributed by atoms with Crippen LogP contribution in [0, 0.1) is 34.3 Å². The van der Waals surface area contributed by atoms with Crippen molar-refractivity contribution in [1.29, 1.82) is 0 Å². The van der Waals surface area contributed by atoms with Gasteiger partial charge in [0.05, 0.1) is 5.78 Å². The van der Waals surface area contributed by atoms with Crippen molar-refractivity contribution < 1.29 is 217 Å². The zero-order chi connectivity index (χ0) is 12.3. The Kier molecular flexibility index (Phi) is 34.8. The van der Waals surface area contributed by atoms with E-state index in [1.54, 1.807) is 6.07 Å². The Bertz CT molecular complexity index is 442. The summed E-state index contributed by atoms with van der Waals surface area (Å²) in [6, 6.07) is 3.58. The normalized spacial score (nSPS) is 9.33. The molecule has 0 aliphatic rings. The van der Waals surface area contributed by atoms with Crippen LogP contribution in [0.2, 0.25) is 0 Å². The molecule has 1 aromatic rings. The molecule has 1 aromatic carbocycles. The second-order valence-corrected chi connectivity index (χ2v) is 3.89. The van der Waals surface area contributed by atoms with E-state index in [-0.39, 0.29) is 227 Å². The largest absolute Gasteiger partial charge is 1.00 e. The van der Waals surface area contributed by atoms with Gasteiger partial charge in [0.25, 0.3) is 0 Å². The third kappa shape index (κ3) is 12.9. The molecular formula is C14H17NO2Rb3Y-. The molecule has 0 bridgehead atoms. The van der Waals surface area contributed by atoms with Gasteiger partial charge in [-0.3, -0.25) is 6.29 Å². The minimum absolute atomic E-state index is 0. The zero-order valence-electron chi connectivity index (χ0n) is 14.3. The predicted molar refractivity (Wildman–Crippen MR) is 68.7 cm³/mol. The number of rotatable bonds is 4. The molecule has 0 fully saturated rings. The molecule has 0 amide bonds. The van der Waals surface area contributed by atoms with Crippen LogP contribution in [0.1, 0.15) is 33.5 Å². The average Bonchev–Trinajstić information content (AvgIpc) is 2.25. The van der Waals surface area contributed by atoms with Gasteiger partial charge >= 0.3 is 175 Å². The van der Waals surface area contributed by atoms with Crippen molar-refractivity contribution in [3.05, 3.63) is 47.5 Å². The van der Waals surface area contributed by atoms with E-state index in [2.05, 4.69) is 6.07 Å². The molecule has 7 heteroatoms. The van der Waals surface area contributed by atoms with Crippen molar-refractivity contribution in [1.82, 2.24) is 0 Å². The monoisotopic (exact) mass is 575 g/mol. The number of Topliss-reactive ketones (excluding diaryl/α,β-unsaturated/α-hetero) is 1. The van der Waals surface area contributed by atoms with Gasteiger partial charge in [-0.05, 0) is 0 Å². The molecule has 21 heavy (non-hydrogen) atoms. The summed E-state index contributed by atoms with van der Waals surface area (Å²) in [6.07, 6.45) is 1.37. The minimum Gasteiger partial charge on any atom is -0.698 e. The minimum atomic E-state index is -1.10. The Labute approximate surface area is 300 Å². The van der Waals surface area contributed by atoms with Crippen LogP contribution in [0.4, 0.5) is 0 Å². The number of carbonyl (C=O) groups excluding carboxylic acids is 2. The maximum absolute atomic E-state index is 11.8. The molecular weight excluding hydrogens is 559 g/mol. The standard InChI is InChI=1S/C13H14NO2.CH3.3Rb.Y/c1-8-4-5-12(10(3)9(8)2)13(16)6-11(14)7-15;;;;;/h4,11,14H,6H2,1-3H3;1H3;;;;/q-3;-1;3*+1;. The maximum Gasteiger partial charge on any atom is 1.00 e. The molecule has 1 N–H and O–H groups in total. The Hall–Kier alpha value is 5.04. The number of nitrogens with one attached hydrogen (secondary N) is 1. The fourth-order valence-electron chi connectivity index (χ4n) is 1.50. The SMILES string of the molecule is Cc1c[c-]c(C(=O)CC([NH-])[C-]=O)c(C)c1C.[CH3-].[Rb+].[Rb+].[Rb+].[Y]. The Morgan fingerprint density at radius 1 is 1.24 bits per heavy atom. The molecule has 0 aliphatic carbocycles. The first-order chi connectivity index (χ1) is 7.47. The first-order valence-electron chi connectivity index (χ1n) is 5.07. The van der Waals surface area contributed by atoms with Gasteiger partial charge in [0.15, 0.2) is 0 Å². The third-order valence-corrected chi connectivity index (χ3v) is 2.77. The number of hydrogen-bond acceptors (Lipinski definition) is 2. The van der Waals surface area contributed by atoms with Crippen molar-refractivity contribution in [3.8, 4) is 0 Å². The fraction of sp³-hybridized carbons (Fsp3) is 0.357. The van der Waals surface area contributed by atoms with Gasteiger partial charge in [-0.1, -0.05) is 27.2 Å². The number of benzene rings is 1. The molecule has 1 rings (SSSR count). The summed E-state index contributed by atoms with van der Waals surface area (Å²) >= 11 is 0. The number of hydrogen-bond donors (Lipinski definition) is 0. The molecule has 0 heterocycles. The van der Waals surface area contributed by atoms with E-state index in [4.69, 9.17) is 5.73 Å². The van der Waals surface area contributed by atoms with Gasteiger partial charge in [0.1, 0.15) is 0 Å². The van der Waals surface area contributed by atoms with Crippen LogP contribution in [0.25, 0.3) is 5.73 Å². The molecule has 1 radical (unpaired) electrons. The van der Waals surface area contributed by atoms with Crippen LogP contribution in [0.15, 0.2) is 6.07 Å². The van der Waals surface area contributed by atoms with Crippen LogP contribution in [-0.4, -0.2) is 18.1 Å². The third-order valence-electron chi connectivity index (χ3n) is 2.77. The predicted octanol–water partition coefficient (Wildman–Crippen LogP) is -6.02. The average molecular weight is 577 g/mol. The molecule has 3 nitrogen and oxygen atoms in total. The van der Waals surface area contributed by atoms with Crippen LogP contribution >= 0.6 is 0 Å². The Morgan fingerprint density at radius 3 is 2.14 bits per heavy atom. The second-order valence-electron chi connectivity index (χ2n) is 3.89. The molecule has 1 atom stereocenters. The van der Waals surface area contributed by atoms with Gasteiger partial charge in [0.2, 0.25) is 0 Å². The quantitative estimate of drug-likeness (QED) is 0.265. The van der Waals surface area contributed by atoms with Gasteiger partial charge in [-0.15, -0.1) is 34.4 Å². The molecule has 0 aromatic heterocycles. The van der Waals surface area contributed by atoms with Crippen molar-refractivity contribution >= 4 is 12.1 Å². The van der Waals surface area contributed by atoms with E-state index in [0.29, 0.717) is 5.56 Å². The smallest absolute Gasteiger partial charge is 0.698 e. The van der Waals surface area contributed by atoms with Crippen molar-refractivity contribution in [3.63, 3.8) is 0 Å². The molecule has 0 saturated heterocycles. The second kappa shape index (κ2) is 19.8. The van der Waals surface area contributed by atoms with Crippen LogP contribution in [0.5, 0.6) is 0 Å². The Morgan fingerprint density at radius 2 is 1.71 bits per heavy atom. The van der Waals surface area contributed by atoms with E-state index in [9.17, 15) is 9.59 Å². The van der Waals surface area contributed by atoms with E-state index >= 15 is 0 Å². The molecule has 0 aliphatic heterocycles. The summed E-state index contributed by atoms with van der Waals surface area (Å²) in [5, 5.41) is 0. The van der Waals surface area contributed by atoms with Crippen LogP contribution in [0.3, 0.4) is 0 Å². The first kappa shape index (κ1) is 36.9. The summed E-state index contributed by atoms with van der Waals surface area (Å²) in [5.74, 6) is -0.219. The summed E-state index contributed by atoms with van der Waals surface area (Å²) in [7, 11) is 0. The Balaban J connectivity index is -0.000000171. The summed E-state index contributed by atoms with van der Waals surface area (Å²) in [4.78, 5) is 22.0. The first-order valence-corrected chi connectivity index (χ1v) is 5.07. The summed E-state index contributed by atoms with van der Waals surface area (Å²) in [5.41, 5.74) is 10.7. The fourth-order valence-corrected chi connectivity index (χ4v) is 1.50. The van der Waals surface area contributed by atoms with Gasteiger partial charge in [-0.25, -0.2) is 6.04 Å². The maximum atomic E-state index is 11.8. The number of ketones is 1. The number of carbonyl (C=O) groups is 1. The molecule has 97 valence electrons. The van der Waals surface area contributed by atoms with E-state index in [0.717, 1.165) is 16.7 Å². The topological polar surface area (TPSA) is 57.9 Å². The van der Waals surface area contributed by atoms with Gasteiger partial charge < -0.3 is 22.7 Å². The molecule has 1 unspecified atom stereocenters. The van der Waals surface area contributed by atoms with Crippen molar-refractivity contribution in [2.24, 2.45) is 0 Å². The van der Waals surface area contributed by atoms with Crippen molar-refractivity contribution in [2.75, 3.05) is 0 Å².